The molecule has 2 N–H and O–H groups in total. The molecule has 0 aliphatic rings. The van der Waals surface area contributed by atoms with Crippen molar-refractivity contribution < 1.29 is 13.5 Å². The number of ether oxygens (including phenoxy) is 1. The SMILES string of the molecule is COc1cc(F)c(CCCCCN)c(F)c1. The highest BCUT2D eigenvalue weighted by atomic mass is 19.1. The fraction of sp³-hybridized carbons (Fsp3) is 0.500. The van der Waals surface area contributed by atoms with Crippen molar-refractivity contribution >= 4 is 0 Å². The van der Waals surface area contributed by atoms with Gasteiger partial charge in [0.05, 0.1) is 7.11 Å². The van der Waals surface area contributed by atoms with Gasteiger partial charge >= 0.3 is 0 Å². The maximum absolute atomic E-state index is 13.5. The van der Waals surface area contributed by atoms with Crippen LogP contribution in [0.2, 0.25) is 0 Å². The molecule has 0 saturated heterocycles. The van der Waals surface area contributed by atoms with E-state index in [1.165, 1.54) is 19.2 Å². The van der Waals surface area contributed by atoms with E-state index in [0.717, 1.165) is 19.3 Å². The maximum Gasteiger partial charge on any atom is 0.133 e. The van der Waals surface area contributed by atoms with Crippen molar-refractivity contribution in [2.24, 2.45) is 5.73 Å². The zero-order valence-electron chi connectivity index (χ0n) is 9.43. The van der Waals surface area contributed by atoms with E-state index in [2.05, 4.69) is 0 Å². The van der Waals surface area contributed by atoms with Crippen molar-refractivity contribution in [3.63, 3.8) is 0 Å². The van der Waals surface area contributed by atoms with E-state index in [-0.39, 0.29) is 11.3 Å². The summed E-state index contributed by atoms with van der Waals surface area (Å²) in [6.45, 7) is 0.619. The van der Waals surface area contributed by atoms with E-state index in [1.807, 2.05) is 0 Å². The smallest absolute Gasteiger partial charge is 0.133 e. The van der Waals surface area contributed by atoms with Gasteiger partial charge in [0.25, 0.3) is 0 Å². The number of unbranched alkanes of at least 4 members (excludes halogenated alkanes) is 2. The molecule has 0 heterocycles. The first kappa shape index (κ1) is 12.9. The Hall–Kier alpha value is -1.16. The van der Waals surface area contributed by atoms with E-state index >= 15 is 0 Å². The monoisotopic (exact) mass is 229 g/mol. The number of nitrogens with two attached hydrogens (primary N) is 1. The summed E-state index contributed by atoms with van der Waals surface area (Å²) in [5.41, 5.74) is 5.48. The number of methoxy groups -OCH3 is 1. The lowest BCUT2D eigenvalue weighted by Crippen LogP contribution is -2.00. The van der Waals surface area contributed by atoms with Crippen molar-refractivity contribution in [1.82, 2.24) is 0 Å². The first-order chi connectivity index (χ1) is 7.69. The minimum atomic E-state index is -0.537. The number of benzene rings is 1. The molecule has 0 amide bonds. The van der Waals surface area contributed by atoms with Gasteiger partial charge in [0, 0.05) is 17.7 Å². The summed E-state index contributed by atoms with van der Waals surface area (Å²) >= 11 is 0. The van der Waals surface area contributed by atoms with Gasteiger partial charge in [-0.15, -0.1) is 0 Å². The Morgan fingerprint density at radius 2 is 1.75 bits per heavy atom. The first-order valence-electron chi connectivity index (χ1n) is 5.41. The van der Waals surface area contributed by atoms with Crippen LogP contribution < -0.4 is 10.5 Å². The van der Waals surface area contributed by atoms with E-state index < -0.39 is 11.6 Å². The Balaban J connectivity index is 2.65. The van der Waals surface area contributed by atoms with Crippen molar-refractivity contribution in [1.29, 1.82) is 0 Å². The molecule has 1 aromatic rings. The predicted molar refractivity (Wildman–Crippen MR) is 59.5 cm³/mol. The fourth-order valence-corrected chi connectivity index (χ4v) is 1.56. The van der Waals surface area contributed by atoms with E-state index in [0.29, 0.717) is 13.0 Å². The van der Waals surface area contributed by atoms with Gasteiger partial charge in [-0.25, -0.2) is 8.78 Å². The van der Waals surface area contributed by atoms with Crippen LogP contribution in [-0.2, 0) is 6.42 Å². The Morgan fingerprint density at radius 3 is 2.25 bits per heavy atom. The number of hydrogen-bond donors (Lipinski definition) is 1. The van der Waals surface area contributed by atoms with Gasteiger partial charge in [-0.05, 0) is 25.8 Å². The second-order valence-corrected chi connectivity index (χ2v) is 3.67. The molecule has 0 spiro atoms. The van der Waals surface area contributed by atoms with Crippen LogP contribution in [0, 0.1) is 11.6 Å². The van der Waals surface area contributed by atoms with E-state index in [9.17, 15) is 8.78 Å². The normalized spacial score (nSPS) is 10.5. The van der Waals surface area contributed by atoms with Crippen LogP contribution in [0.1, 0.15) is 24.8 Å². The molecule has 0 aromatic heterocycles. The molecule has 0 radical (unpaired) electrons. The Bertz CT molecular complexity index is 319. The molecular formula is C12H17F2NO. The summed E-state index contributed by atoms with van der Waals surface area (Å²) in [5, 5.41) is 0. The molecule has 16 heavy (non-hydrogen) atoms. The van der Waals surface area contributed by atoms with Gasteiger partial charge in [0.1, 0.15) is 17.4 Å². The van der Waals surface area contributed by atoms with Crippen LogP contribution in [0.3, 0.4) is 0 Å². The van der Waals surface area contributed by atoms with E-state index in [1.54, 1.807) is 0 Å². The lowest BCUT2D eigenvalue weighted by Gasteiger charge is -2.07. The van der Waals surface area contributed by atoms with E-state index in [4.69, 9.17) is 10.5 Å². The quantitative estimate of drug-likeness (QED) is 0.761. The van der Waals surface area contributed by atoms with Crippen LogP contribution in [0.5, 0.6) is 5.75 Å². The Morgan fingerprint density at radius 1 is 1.12 bits per heavy atom. The van der Waals surface area contributed by atoms with Gasteiger partial charge in [0.15, 0.2) is 0 Å². The minimum Gasteiger partial charge on any atom is -0.497 e. The van der Waals surface area contributed by atoms with Crippen LogP contribution in [0.4, 0.5) is 8.78 Å². The highest BCUT2D eigenvalue weighted by molar-refractivity contribution is 5.30. The van der Waals surface area contributed by atoms with Gasteiger partial charge < -0.3 is 10.5 Å². The number of halogens is 2. The third kappa shape index (κ3) is 3.45. The summed E-state index contributed by atoms with van der Waals surface area (Å²) in [4.78, 5) is 0. The number of rotatable bonds is 6. The second-order valence-electron chi connectivity index (χ2n) is 3.67. The summed E-state index contributed by atoms with van der Waals surface area (Å²) in [6, 6.07) is 2.42. The maximum atomic E-state index is 13.5. The molecule has 0 bridgehead atoms. The van der Waals surface area contributed by atoms with Crippen LogP contribution in [0.25, 0.3) is 0 Å². The third-order valence-corrected chi connectivity index (χ3v) is 2.48. The zero-order valence-corrected chi connectivity index (χ0v) is 9.43. The molecular weight excluding hydrogens is 212 g/mol. The van der Waals surface area contributed by atoms with Crippen LogP contribution in [0.15, 0.2) is 12.1 Å². The lowest BCUT2D eigenvalue weighted by molar-refractivity contribution is 0.405. The minimum absolute atomic E-state index is 0.137. The molecule has 0 aliphatic heterocycles. The standard InChI is InChI=1S/C12H17F2NO/c1-16-9-7-11(13)10(12(14)8-9)5-3-2-4-6-15/h7-8H,2-6,15H2,1H3. The highest BCUT2D eigenvalue weighted by Crippen LogP contribution is 2.22. The van der Waals surface area contributed by atoms with Crippen molar-refractivity contribution in [2.75, 3.05) is 13.7 Å². The summed E-state index contributed by atoms with van der Waals surface area (Å²) in [6.07, 6.45) is 2.93. The molecule has 0 unspecified atom stereocenters. The molecule has 0 atom stereocenters. The summed E-state index contributed by atoms with van der Waals surface area (Å²) in [5.74, 6) is -0.866. The first-order valence-corrected chi connectivity index (χ1v) is 5.41. The van der Waals surface area contributed by atoms with Crippen molar-refractivity contribution in [3.05, 3.63) is 29.3 Å². The average molecular weight is 229 g/mol. The molecule has 0 fully saturated rings. The predicted octanol–water partition coefficient (Wildman–Crippen LogP) is 2.64. The van der Waals surface area contributed by atoms with Crippen LogP contribution in [-0.4, -0.2) is 13.7 Å². The van der Waals surface area contributed by atoms with Gasteiger partial charge in [0.2, 0.25) is 0 Å². The van der Waals surface area contributed by atoms with Gasteiger partial charge in [-0.2, -0.15) is 0 Å². The molecule has 2 nitrogen and oxygen atoms in total. The lowest BCUT2D eigenvalue weighted by atomic mass is 10.1. The van der Waals surface area contributed by atoms with Crippen LogP contribution >= 0.6 is 0 Å². The Labute approximate surface area is 94.4 Å². The van der Waals surface area contributed by atoms with Gasteiger partial charge in [-0.1, -0.05) is 6.42 Å². The van der Waals surface area contributed by atoms with Gasteiger partial charge in [-0.3, -0.25) is 0 Å². The largest absolute Gasteiger partial charge is 0.497 e. The summed E-state index contributed by atoms with van der Waals surface area (Å²) < 4.78 is 31.7. The fourth-order valence-electron chi connectivity index (χ4n) is 1.56. The number of hydrogen-bond acceptors (Lipinski definition) is 2. The topological polar surface area (TPSA) is 35.2 Å². The molecule has 1 rings (SSSR count). The molecule has 0 aliphatic carbocycles. The van der Waals surface area contributed by atoms with Crippen molar-refractivity contribution in [3.8, 4) is 5.75 Å². The highest BCUT2D eigenvalue weighted by Gasteiger charge is 2.10. The van der Waals surface area contributed by atoms with Crippen molar-refractivity contribution in [2.45, 2.75) is 25.7 Å². The molecule has 1 aromatic carbocycles. The zero-order chi connectivity index (χ0) is 12.0. The average Bonchev–Trinajstić information content (AvgIpc) is 2.26. The second kappa shape index (κ2) is 6.43. The molecule has 90 valence electrons. The Kier molecular flexibility index (Phi) is 5.19. The molecule has 4 heteroatoms. The molecule has 0 saturated carbocycles. The summed E-state index contributed by atoms with van der Waals surface area (Å²) in [7, 11) is 1.38. The third-order valence-electron chi connectivity index (χ3n) is 2.48.